The number of amides is 1. The minimum absolute atomic E-state index is 0.270. The van der Waals surface area contributed by atoms with Crippen molar-refractivity contribution in [1.82, 2.24) is 4.90 Å². The van der Waals surface area contributed by atoms with Crippen LogP contribution in [0.15, 0.2) is 11.0 Å². The third kappa shape index (κ3) is 5.39. The molecule has 0 aromatic heterocycles. The lowest BCUT2D eigenvalue weighted by Gasteiger charge is -2.26. The van der Waals surface area contributed by atoms with E-state index in [0.29, 0.717) is 0 Å². The first kappa shape index (κ1) is 20.3. The Morgan fingerprint density at radius 2 is 1.83 bits per heavy atom. The molecule has 1 heterocycles. The number of rotatable bonds is 3. The van der Waals surface area contributed by atoms with Gasteiger partial charge in [-0.25, -0.2) is 18.0 Å². The minimum Gasteiger partial charge on any atom is -0.457 e. The van der Waals surface area contributed by atoms with Crippen molar-refractivity contribution >= 4 is 21.9 Å². The van der Waals surface area contributed by atoms with Crippen LogP contribution in [0.4, 0.5) is 18.0 Å². The summed E-state index contributed by atoms with van der Waals surface area (Å²) in [6.07, 6.45) is -0.620. The highest BCUT2D eigenvalue weighted by Crippen LogP contribution is 2.32. The summed E-state index contributed by atoms with van der Waals surface area (Å²) >= 11 is 0. The van der Waals surface area contributed by atoms with Crippen molar-refractivity contribution in [2.75, 3.05) is 19.7 Å². The van der Waals surface area contributed by atoms with E-state index in [4.69, 9.17) is 4.74 Å². The van der Waals surface area contributed by atoms with Gasteiger partial charge in [-0.3, -0.25) is 0 Å². The largest absolute Gasteiger partial charge is 0.501 e. The van der Waals surface area contributed by atoms with E-state index >= 15 is 0 Å². The van der Waals surface area contributed by atoms with E-state index in [9.17, 15) is 31.2 Å². The molecule has 0 unspecified atom stereocenters. The fraction of sp³-hybridized carbons (Fsp3) is 0.692. The van der Waals surface area contributed by atoms with Crippen molar-refractivity contribution in [3.8, 4) is 0 Å². The number of sulfone groups is 1. The molecule has 11 heteroatoms. The van der Waals surface area contributed by atoms with Crippen LogP contribution in [0, 0.1) is 0 Å². The number of esters is 1. The lowest BCUT2D eigenvalue weighted by molar-refractivity contribution is -0.158. The van der Waals surface area contributed by atoms with Crippen molar-refractivity contribution in [1.29, 1.82) is 0 Å². The summed E-state index contributed by atoms with van der Waals surface area (Å²) in [6, 6.07) is 0. The Balaban J connectivity index is 2.59. The maximum Gasteiger partial charge on any atom is 0.501 e. The van der Waals surface area contributed by atoms with Crippen LogP contribution < -0.4 is 0 Å². The third-order valence-electron chi connectivity index (χ3n) is 2.81. The van der Waals surface area contributed by atoms with Gasteiger partial charge in [-0.15, -0.1) is 0 Å². The van der Waals surface area contributed by atoms with E-state index in [2.05, 4.69) is 4.74 Å². The molecule has 1 aliphatic heterocycles. The lowest BCUT2D eigenvalue weighted by Crippen LogP contribution is -2.39. The normalized spacial score (nSPS) is 16.4. The fourth-order valence-electron chi connectivity index (χ4n) is 1.79. The summed E-state index contributed by atoms with van der Waals surface area (Å²) in [5.41, 5.74) is -6.13. The van der Waals surface area contributed by atoms with Gasteiger partial charge in [0, 0.05) is 19.5 Å². The first-order valence-electron chi connectivity index (χ1n) is 6.88. The number of hydrogen-bond acceptors (Lipinski definition) is 6. The second kappa shape index (κ2) is 6.99. The van der Waals surface area contributed by atoms with Crippen molar-refractivity contribution in [2.24, 2.45) is 0 Å². The van der Waals surface area contributed by atoms with Crippen molar-refractivity contribution in [2.45, 2.75) is 38.3 Å². The molecule has 1 amide bonds. The molecule has 0 aromatic carbocycles. The molecule has 0 aromatic rings. The molecule has 0 radical (unpaired) electrons. The quantitative estimate of drug-likeness (QED) is 0.703. The van der Waals surface area contributed by atoms with E-state index in [0.717, 1.165) is 11.0 Å². The molecule has 1 aliphatic rings. The number of carbonyl (C=O) groups excluding carboxylic acids is 2. The van der Waals surface area contributed by atoms with E-state index in [-0.39, 0.29) is 13.1 Å². The van der Waals surface area contributed by atoms with Crippen LogP contribution in [-0.4, -0.2) is 56.2 Å². The summed E-state index contributed by atoms with van der Waals surface area (Å²) in [6.45, 7) is 3.61. The van der Waals surface area contributed by atoms with Crippen LogP contribution in [0.3, 0.4) is 0 Å². The molecule has 1 rings (SSSR count). The number of ether oxygens (including phenoxy) is 2. The molecule has 138 valence electrons. The van der Waals surface area contributed by atoms with Gasteiger partial charge in [-0.2, -0.15) is 13.2 Å². The molecule has 0 spiro atoms. The monoisotopic (exact) mass is 373 g/mol. The van der Waals surface area contributed by atoms with Crippen LogP contribution in [0.1, 0.15) is 27.2 Å². The van der Waals surface area contributed by atoms with E-state index in [1.165, 1.54) is 0 Å². The zero-order valence-electron chi connectivity index (χ0n) is 13.3. The minimum atomic E-state index is -5.39. The maximum absolute atomic E-state index is 12.4. The molecule has 0 bridgehead atoms. The Kier molecular flexibility index (Phi) is 5.91. The fourth-order valence-corrected chi connectivity index (χ4v) is 2.74. The summed E-state index contributed by atoms with van der Waals surface area (Å²) in [7, 11) is -5.39. The van der Waals surface area contributed by atoms with Gasteiger partial charge in [-0.1, -0.05) is 6.08 Å². The highest BCUT2D eigenvalue weighted by atomic mass is 32.2. The first-order valence-corrected chi connectivity index (χ1v) is 8.36. The van der Waals surface area contributed by atoms with Crippen LogP contribution in [0.2, 0.25) is 0 Å². The zero-order valence-corrected chi connectivity index (χ0v) is 14.2. The molecule has 0 aliphatic carbocycles. The Morgan fingerprint density at radius 3 is 2.25 bits per heavy atom. The van der Waals surface area contributed by atoms with Crippen molar-refractivity contribution in [3.05, 3.63) is 11.0 Å². The number of nitrogens with zero attached hydrogens (tertiary/aromatic N) is 1. The predicted molar refractivity (Wildman–Crippen MR) is 76.4 cm³/mol. The van der Waals surface area contributed by atoms with Gasteiger partial charge >= 0.3 is 17.6 Å². The molecule has 24 heavy (non-hydrogen) atoms. The summed E-state index contributed by atoms with van der Waals surface area (Å²) in [4.78, 5) is 23.3. The van der Waals surface area contributed by atoms with Gasteiger partial charge in [0.2, 0.25) is 0 Å². The van der Waals surface area contributed by atoms with Gasteiger partial charge in [0.1, 0.15) is 5.60 Å². The molecular formula is C13H18F3NO6S. The summed E-state index contributed by atoms with van der Waals surface area (Å²) < 4.78 is 69.4. The summed E-state index contributed by atoms with van der Waals surface area (Å²) in [5.74, 6) is -0.774. The number of hydrogen-bond donors (Lipinski definition) is 0. The number of halogens is 3. The van der Waals surface area contributed by atoms with Gasteiger partial charge in [0.25, 0.3) is 9.84 Å². The molecule has 0 N–H and O–H groups in total. The molecule has 0 saturated carbocycles. The topological polar surface area (TPSA) is 90.0 Å². The van der Waals surface area contributed by atoms with Crippen LogP contribution in [0.25, 0.3) is 0 Å². The lowest BCUT2D eigenvalue weighted by atomic mass is 10.2. The zero-order chi connectivity index (χ0) is 18.8. The van der Waals surface area contributed by atoms with Crippen molar-refractivity contribution < 1.29 is 40.7 Å². The average molecular weight is 373 g/mol. The Morgan fingerprint density at radius 1 is 1.25 bits per heavy atom. The number of carbonyl (C=O) groups is 2. The van der Waals surface area contributed by atoms with E-state index in [1.54, 1.807) is 20.8 Å². The summed E-state index contributed by atoms with van der Waals surface area (Å²) in [5, 5.41) is 0. The van der Waals surface area contributed by atoms with Crippen LogP contribution in [0.5, 0.6) is 0 Å². The highest BCUT2D eigenvalue weighted by Gasteiger charge is 2.48. The highest BCUT2D eigenvalue weighted by molar-refractivity contribution is 7.96. The van der Waals surface area contributed by atoms with Crippen LogP contribution in [-0.2, 0) is 24.1 Å². The van der Waals surface area contributed by atoms with Crippen molar-refractivity contribution in [3.63, 3.8) is 0 Å². The third-order valence-corrected chi connectivity index (χ3v) is 4.48. The SMILES string of the molecule is CC(C)(C)OC(=O)COC(=O)N1CC=C(S(=O)(=O)C(F)(F)F)CC1. The van der Waals surface area contributed by atoms with Gasteiger partial charge in [-0.05, 0) is 20.8 Å². The Bertz CT molecular complexity index is 633. The molecule has 0 saturated heterocycles. The molecule has 0 fully saturated rings. The molecule has 7 nitrogen and oxygen atoms in total. The Hall–Kier alpha value is -1.78. The van der Waals surface area contributed by atoms with Gasteiger partial charge in [0.05, 0.1) is 4.91 Å². The molecule has 0 atom stereocenters. The maximum atomic E-state index is 12.4. The standard InChI is InChI=1S/C13H18F3NO6S/c1-12(2,3)23-10(18)8-22-11(19)17-6-4-9(5-7-17)24(20,21)13(14,15)16/h4H,5-8H2,1-3H3. The van der Waals surface area contributed by atoms with Gasteiger partial charge < -0.3 is 14.4 Å². The average Bonchev–Trinajstić information content (AvgIpc) is 2.42. The van der Waals surface area contributed by atoms with E-state index < -0.39 is 50.9 Å². The Labute approximate surface area is 137 Å². The van der Waals surface area contributed by atoms with Crippen LogP contribution >= 0.6 is 0 Å². The second-order valence-electron chi connectivity index (χ2n) is 5.96. The van der Waals surface area contributed by atoms with Gasteiger partial charge in [0.15, 0.2) is 6.61 Å². The molecular weight excluding hydrogens is 355 g/mol. The second-order valence-corrected chi connectivity index (χ2v) is 7.95. The smallest absolute Gasteiger partial charge is 0.457 e. The van der Waals surface area contributed by atoms with E-state index in [1.807, 2.05) is 0 Å². The first-order chi connectivity index (χ1) is 10.7. The predicted octanol–water partition coefficient (Wildman–Crippen LogP) is 1.99. The number of alkyl halides is 3.